The van der Waals surface area contributed by atoms with E-state index in [9.17, 15) is 9.59 Å². The lowest BCUT2D eigenvalue weighted by Gasteiger charge is -2.34. The Labute approximate surface area is 137 Å². The first kappa shape index (κ1) is 14.7. The van der Waals surface area contributed by atoms with Crippen LogP contribution in [0.5, 0.6) is 0 Å². The summed E-state index contributed by atoms with van der Waals surface area (Å²) in [6.45, 7) is 0. The number of hydrogen-bond acceptors (Lipinski definition) is 2. The molecule has 0 spiro atoms. The summed E-state index contributed by atoms with van der Waals surface area (Å²) in [6, 6.07) is 7.76. The van der Waals surface area contributed by atoms with Crippen molar-refractivity contribution in [1.29, 1.82) is 0 Å². The van der Waals surface area contributed by atoms with E-state index in [4.69, 9.17) is 0 Å². The molecule has 3 fully saturated rings. The molecule has 4 heteroatoms. The fourth-order valence-corrected chi connectivity index (χ4v) is 3.41. The molecule has 1 unspecified atom stereocenters. The molecule has 0 radical (unpaired) electrons. The van der Waals surface area contributed by atoms with Gasteiger partial charge in [-0.2, -0.15) is 0 Å². The van der Waals surface area contributed by atoms with Gasteiger partial charge in [-0.15, -0.1) is 0 Å². The molecule has 0 saturated heterocycles. The summed E-state index contributed by atoms with van der Waals surface area (Å²) in [6.07, 6.45) is 8.39. The Hall–Kier alpha value is -1.84. The first-order valence-corrected chi connectivity index (χ1v) is 8.92. The Kier molecular flexibility index (Phi) is 3.83. The lowest BCUT2D eigenvalue weighted by Crippen LogP contribution is -2.44. The van der Waals surface area contributed by atoms with Crippen LogP contribution in [-0.4, -0.2) is 23.9 Å². The van der Waals surface area contributed by atoms with Gasteiger partial charge >= 0.3 is 0 Å². The van der Waals surface area contributed by atoms with E-state index >= 15 is 0 Å². The molecule has 4 rings (SSSR count). The van der Waals surface area contributed by atoms with Gasteiger partial charge in [0.2, 0.25) is 0 Å². The molecule has 23 heavy (non-hydrogen) atoms. The van der Waals surface area contributed by atoms with Gasteiger partial charge in [0.25, 0.3) is 11.8 Å². The third kappa shape index (κ3) is 3.41. The maximum Gasteiger partial charge on any atom is 0.251 e. The van der Waals surface area contributed by atoms with Gasteiger partial charge in [0.1, 0.15) is 0 Å². The van der Waals surface area contributed by atoms with Gasteiger partial charge in [-0.3, -0.25) is 9.59 Å². The molecule has 0 bridgehead atoms. The topological polar surface area (TPSA) is 58.2 Å². The molecular weight excluding hydrogens is 288 g/mol. The monoisotopic (exact) mass is 312 g/mol. The van der Waals surface area contributed by atoms with E-state index in [2.05, 4.69) is 10.6 Å². The normalized spacial score (nSPS) is 22.1. The second-order valence-electron chi connectivity index (χ2n) is 7.36. The van der Waals surface area contributed by atoms with Crippen molar-refractivity contribution in [2.75, 3.05) is 0 Å². The molecule has 122 valence electrons. The second kappa shape index (κ2) is 5.99. The average Bonchev–Trinajstić information content (AvgIpc) is 3.38. The molecule has 0 aromatic heterocycles. The minimum atomic E-state index is -0.0696. The van der Waals surface area contributed by atoms with E-state index in [1.807, 2.05) is 0 Å². The van der Waals surface area contributed by atoms with E-state index in [1.165, 1.54) is 32.1 Å². The minimum Gasteiger partial charge on any atom is -0.349 e. The first-order chi connectivity index (χ1) is 11.2. The molecule has 1 aromatic rings. The number of amides is 2. The third-order valence-electron chi connectivity index (χ3n) is 5.38. The van der Waals surface area contributed by atoms with E-state index in [1.54, 1.807) is 24.3 Å². The van der Waals surface area contributed by atoms with Crippen LogP contribution >= 0.6 is 0 Å². The van der Waals surface area contributed by atoms with Gasteiger partial charge in [-0.25, -0.2) is 0 Å². The fourth-order valence-electron chi connectivity index (χ4n) is 3.41. The lowest BCUT2D eigenvalue weighted by molar-refractivity contribution is 0.0889. The van der Waals surface area contributed by atoms with Crippen molar-refractivity contribution in [1.82, 2.24) is 10.6 Å². The average molecular weight is 312 g/mol. The van der Waals surface area contributed by atoms with E-state index in [-0.39, 0.29) is 11.8 Å². The zero-order valence-electron chi connectivity index (χ0n) is 13.4. The van der Waals surface area contributed by atoms with Gasteiger partial charge in [-0.05, 0) is 68.6 Å². The van der Waals surface area contributed by atoms with E-state index < -0.39 is 0 Å². The summed E-state index contributed by atoms with van der Waals surface area (Å²) in [7, 11) is 0. The standard InChI is InChI=1S/C19H24N2O2/c22-18(20-16-9-10-16)14-5-2-6-15(11-14)19(23)21-17(13-7-8-13)12-3-1-4-12/h2,5-6,11-13,16-17H,1,3-4,7-10H2,(H,20,22)(H,21,23). The van der Waals surface area contributed by atoms with Crippen LogP contribution in [0.3, 0.4) is 0 Å². The van der Waals surface area contributed by atoms with Crippen LogP contribution in [0.15, 0.2) is 24.3 Å². The highest BCUT2D eigenvalue weighted by molar-refractivity contribution is 6.00. The predicted molar refractivity (Wildman–Crippen MR) is 88.2 cm³/mol. The summed E-state index contributed by atoms with van der Waals surface area (Å²) in [5.74, 6) is 1.23. The van der Waals surface area contributed by atoms with Crippen LogP contribution in [0.1, 0.15) is 65.7 Å². The van der Waals surface area contributed by atoms with Gasteiger partial charge in [0, 0.05) is 23.2 Å². The van der Waals surface area contributed by atoms with Gasteiger partial charge in [0.15, 0.2) is 0 Å². The molecular formula is C19H24N2O2. The van der Waals surface area contributed by atoms with E-state index in [0.29, 0.717) is 35.0 Å². The number of nitrogens with one attached hydrogen (secondary N) is 2. The molecule has 3 aliphatic rings. The van der Waals surface area contributed by atoms with Crippen molar-refractivity contribution in [3.05, 3.63) is 35.4 Å². The molecule has 2 amide bonds. The quantitative estimate of drug-likeness (QED) is 0.848. The molecule has 0 aliphatic heterocycles. The number of rotatable bonds is 6. The molecule has 3 aliphatic carbocycles. The maximum atomic E-state index is 12.6. The third-order valence-corrected chi connectivity index (χ3v) is 5.38. The Balaban J connectivity index is 1.43. The van der Waals surface area contributed by atoms with Crippen LogP contribution < -0.4 is 10.6 Å². The highest BCUT2D eigenvalue weighted by Crippen LogP contribution is 2.42. The van der Waals surface area contributed by atoms with Crippen molar-refractivity contribution in [3.8, 4) is 0 Å². The van der Waals surface area contributed by atoms with Crippen molar-refractivity contribution >= 4 is 11.8 Å². The molecule has 0 heterocycles. The van der Waals surface area contributed by atoms with Crippen molar-refractivity contribution in [2.45, 2.75) is 57.0 Å². The van der Waals surface area contributed by atoms with Gasteiger partial charge in [0.05, 0.1) is 0 Å². The Morgan fingerprint density at radius 1 is 0.913 bits per heavy atom. The summed E-state index contributed by atoms with van der Waals surface area (Å²) in [5, 5.41) is 6.22. The zero-order valence-corrected chi connectivity index (χ0v) is 13.4. The second-order valence-corrected chi connectivity index (χ2v) is 7.36. The summed E-state index contributed by atoms with van der Waals surface area (Å²) < 4.78 is 0. The summed E-state index contributed by atoms with van der Waals surface area (Å²) >= 11 is 0. The van der Waals surface area contributed by atoms with Gasteiger partial charge in [-0.1, -0.05) is 12.5 Å². The summed E-state index contributed by atoms with van der Waals surface area (Å²) in [4.78, 5) is 24.7. The number of carbonyl (C=O) groups is 2. The molecule has 1 atom stereocenters. The molecule has 4 nitrogen and oxygen atoms in total. The van der Waals surface area contributed by atoms with Crippen LogP contribution in [0, 0.1) is 11.8 Å². The molecule has 2 N–H and O–H groups in total. The fraction of sp³-hybridized carbons (Fsp3) is 0.579. The molecule has 3 saturated carbocycles. The van der Waals surface area contributed by atoms with Crippen molar-refractivity contribution in [2.24, 2.45) is 11.8 Å². The zero-order chi connectivity index (χ0) is 15.8. The lowest BCUT2D eigenvalue weighted by atomic mass is 9.78. The first-order valence-electron chi connectivity index (χ1n) is 8.92. The van der Waals surface area contributed by atoms with E-state index in [0.717, 1.165) is 12.8 Å². The van der Waals surface area contributed by atoms with Crippen LogP contribution in [0.4, 0.5) is 0 Å². The SMILES string of the molecule is O=C(NC1CC1)c1cccc(C(=O)NC(C2CCC2)C2CC2)c1. The number of benzene rings is 1. The van der Waals surface area contributed by atoms with Gasteiger partial charge < -0.3 is 10.6 Å². The van der Waals surface area contributed by atoms with Crippen molar-refractivity contribution in [3.63, 3.8) is 0 Å². The van der Waals surface area contributed by atoms with Crippen LogP contribution in [-0.2, 0) is 0 Å². The van der Waals surface area contributed by atoms with Crippen molar-refractivity contribution < 1.29 is 9.59 Å². The largest absolute Gasteiger partial charge is 0.349 e. The van der Waals surface area contributed by atoms with Crippen LogP contribution in [0.25, 0.3) is 0 Å². The summed E-state index contributed by atoms with van der Waals surface area (Å²) in [5.41, 5.74) is 1.18. The number of hydrogen-bond donors (Lipinski definition) is 2. The minimum absolute atomic E-state index is 0.0325. The van der Waals surface area contributed by atoms with Crippen LogP contribution in [0.2, 0.25) is 0 Å². The Morgan fingerprint density at radius 3 is 2.13 bits per heavy atom. The molecule has 1 aromatic carbocycles. The predicted octanol–water partition coefficient (Wildman–Crippen LogP) is 2.89. The smallest absolute Gasteiger partial charge is 0.251 e. The highest BCUT2D eigenvalue weighted by Gasteiger charge is 2.39. The Morgan fingerprint density at radius 2 is 1.57 bits per heavy atom. The number of carbonyl (C=O) groups excluding carboxylic acids is 2. The maximum absolute atomic E-state index is 12.6. The highest BCUT2D eigenvalue weighted by atomic mass is 16.2. The Bertz CT molecular complexity index is 616.